The molecule has 3 heterocycles. The number of allylic oxidation sites excluding steroid dienone is 1. The van der Waals surface area contributed by atoms with E-state index in [0.29, 0.717) is 51.5 Å². The lowest BCUT2D eigenvalue weighted by molar-refractivity contribution is -0.113. The number of carbonyl (C=O) groups excluding carboxylic acids is 1. The van der Waals surface area contributed by atoms with Crippen LogP contribution in [0.4, 0.5) is 11.6 Å². The number of nitrogens with zero attached hydrogens (tertiary/aromatic N) is 4. The van der Waals surface area contributed by atoms with Gasteiger partial charge >= 0.3 is 0 Å². The summed E-state index contributed by atoms with van der Waals surface area (Å²) in [4.78, 5) is 22.7. The van der Waals surface area contributed by atoms with Gasteiger partial charge in [-0.2, -0.15) is 4.98 Å². The first-order valence-electron chi connectivity index (χ1n) is 11.5. The van der Waals surface area contributed by atoms with Gasteiger partial charge in [0.15, 0.2) is 5.82 Å². The third kappa shape index (κ3) is 4.44. The lowest BCUT2D eigenvalue weighted by Crippen LogP contribution is -2.31. The Hall–Kier alpha value is -4.86. The van der Waals surface area contributed by atoms with Gasteiger partial charge in [-0.25, -0.2) is 4.68 Å². The van der Waals surface area contributed by atoms with Crippen LogP contribution in [0.1, 0.15) is 18.5 Å². The molecule has 4 aromatic rings. The molecule has 2 N–H and O–H groups in total. The molecule has 2 aromatic heterocycles. The highest BCUT2D eigenvalue weighted by molar-refractivity contribution is 6.06. The van der Waals surface area contributed by atoms with Crippen molar-refractivity contribution in [3.63, 3.8) is 0 Å². The van der Waals surface area contributed by atoms with Crippen LogP contribution in [0, 0.1) is 0 Å². The van der Waals surface area contributed by atoms with Crippen molar-refractivity contribution in [1.29, 1.82) is 0 Å². The first-order chi connectivity index (χ1) is 18.0. The van der Waals surface area contributed by atoms with E-state index in [4.69, 9.17) is 24.3 Å². The smallest absolute Gasteiger partial charge is 0.255 e. The minimum atomic E-state index is -0.672. The Kier molecular flexibility index (Phi) is 6.46. The monoisotopic (exact) mass is 498 g/mol. The highest BCUT2D eigenvalue weighted by Crippen LogP contribution is 2.41. The van der Waals surface area contributed by atoms with Crippen LogP contribution in [-0.2, 0) is 4.79 Å². The molecule has 0 saturated carbocycles. The maximum absolute atomic E-state index is 13.9. The van der Waals surface area contributed by atoms with Gasteiger partial charge in [-0.05, 0) is 49.4 Å². The number of carbonyl (C=O) groups is 1. The number of anilines is 2. The Morgan fingerprint density at radius 3 is 2.54 bits per heavy atom. The summed E-state index contributed by atoms with van der Waals surface area (Å²) in [5, 5.41) is 11.0. The van der Waals surface area contributed by atoms with Crippen molar-refractivity contribution in [2.75, 3.05) is 32.0 Å². The molecule has 0 unspecified atom stereocenters. The maximum Gasteiger partial charge on any atom is 0.255 e. The number of hydrogen-bond acceptors (Lipinski definition) is 8. The van der Waals surface area contributed by atoms with E-state index in [9.17, 15) is 4.79 Å². The lowest BCUT2D eigenvalue weighted by Gasteiger charge is -2.29. The van der Waals surface area contributed by atoms with Crippen molar-refractivity contribution in [2.45, 2.75) is 13.0 Å². The fourth-order valence-corrected chi connectivity index (χ4v) is 4.34. The number of methoxy groups -OCH3 is 3. The third-order valence-electron chi connectivity index (χ3n) is 6.10. The predicted octanol–water partition coefficient (Wildman–Crippen LogP) is 4.29. The van der Waals surface area contributed by atoms with E-state index in [1.165, 1.54) is 0 Å². The molecule has 0 spiro atoms. The summed E-state index contributed by atoms with van der Waals surface area (Å²) < 4.78 is 18.3. The molecule has 1 aliphatic heterocycles. The van der Waals surface area contributed by atoms with Crippen molar-refractivity contribution >= 4 is 17.5 Å². The van der Waals surface area contributed by atoms with E-state index in [1.807, 2.05) is 37.3 Å². The van der Waals surface area contributed by atoms with Gasteiger partial charge in [0.05, 0.1) is 32.6 Å². The van der Waals surface area contributed by atoms with Gasteiger partial charge in [0.2, 0.25) is 5.95 Å². The number of fused-ring (bicyclic) bond motifs is 1. The second-order valence-electron chi connectivity index (χ2n) is 8.27. The summed E-state index contributed by atoms with van der Waals surface area (Å²) in [5.41, 5.74) is 3.05. The fraction of sp³-hybridized carbons (Fsp3) is 0.185. The highest BCUT2D eigenvalue weighted by atomic mass is 16.5. The first-order valence-corrected chi connectivity index (χ1v) is 11.5. The number of ether oxygens (including phenoxy) is 3. The predicted molar refractivity (Wildman–Crippen MR) is 139 cm³/mol. The Labute approximate surface area is 213 Å². The third-order valence-corrected chi connectivity index (χ3v) is 6.10. The van der Waals surface area contributed by atoms with Gasteiger partial charge in [-0.1, -0.05) is 12.1 Å². The maximum atomic E-state index is 13.9. The fourth-order valence-electron chi connectivity index (χ4n) is 4.34. The summed E-state index contributed by atoms with van der Waals surface area (Å²) in [7, 11) is 4.73. The molecule has 5 rings (SSSR count). The molecule has 1 amide bonds. The van der Waals surface area contributed by atoms with Crippen LogP contribution in [0.5, 0.6) is 17.2 Å². The highest BCUT2D eigenvalue weighted by Gasteiger charge is 2.36. The zero-order valence-corrected chi connectivity index (χ0v) is 20.9. The number of amides is 1. The normalized spacial score (nSPS) is 14.4. The molecule has 1 atom stereocenters. The Balaban J connectivity index is 1.66. The Morgan fingerprint density at radius 1 is 1.00 bits per heavy atom. The van der Waals surface area contributed by atoms with Crippen LogP contribution in [0.15, 0.2) is 78.3 Å². The quantitative estimate of drug-likeness (QED) is 0.388. The van der Waals surface area contributed by atoms with Gasteiger partial charge in [0, 0.05) is 29.2 Å². The molecule has 0 saturated heterocycles. The minimum Gasteiger partial charge on any atom is -0.497 e. The van der Waals surface area contributed by atoms with Crippen LogP contribution >= 0.6 is 0 Å². The summed E-state index contributed by atoms with van der Waals surface area (Å²) in [5.74, 6) is 2.38. The molecule has 10 heteroatoms. The molecular formula is C27H26N6O4. The number of aromatic nitrogens is 4. The van der Waals surface area contributed by atoms with E-state index in [1.54, 1.807) is 62.7 Å². The standard InChI is InChI=1S/C27H26N6O4/c1-16-23(26(34)30-20-9-5-6-10-22(20)37-4)24(19-14-18(35-2)11-12-21(19)36-3)33-27(29-16)31-25(32-33)17-8-7-13-28-15-17/h5-15,24H,1-4H3,(H,30,34)(H,29,31,32)/t24-/m0/s1. The molecule has 2 aromatic carbocycles. The molecule has 0 fully saturated rings. The number of pyridine rings is 1. The van der Waals surface area contributed by atoms with Gasteiger partial charge in [0.25, 0.3) is 5.91 Å². The summed E-state index contributed by atoms with van der Waals surface area (Å²) in [6.07, 6.45) is 3.38. The van der Waals surface area contributed by atoms with Gasteiger partial charge < -0.3 is 24.8 Å². The van der Waals surface area contributed by atoms with Crippen LogP contribution in [0.25, 0.3) is 11.4 Å². The van der Waals surface area contributed by atoms with Gasteiger partial charge in [-0.3, -0.25) is 9.78 Å². The van der Waals surface area contributed by atoms with E-state index in [2.05, 4.69) is 15.6 Å². The van der Waals surface area contributed by atoms with Crippen LogP contribution in [0.2, 0.25) is 0 Å². The van der Waals surface area contributed by atoms with E-state index in [-0.39, 0.29) is 5.91 Å². The van der Waals surface area contributed by atoms with Crippen molar-refractivity contribution in [3.05, 3.63) is 83.8 Å². The lowest BCUT2D eigenvalue weighted by atomic mass is 9.94. The van der Waals surface area contributed by atoms with Crippen LogP contribution in [-0.4, -0.2) is 47.0 Å². The van der Waals surface area contributed by atoms with E-state index in [0.717, 1.165) is 5.56 Å². The second kappa shape index (κ2) is 10.0. The van der Waals surface area contributed by atoms with Crippen molar-refractivity contribution in [2.24, 2.45) is 0 Å². The SMILES string of the molecule is COc1ccc(OC)c([C@H]2C(C(=O)Nc3ccccc3OC)=C(C)Nc3nc(-c4cccnc4)nn32)c1. The molecule has 188 valence electrons. The van der Waals surface area contributed by atoms with Crippen molar-refractivity contribution in [3.8, 4) is 28.6 Å². The first kappa shape index (κ1) is 23.9. The zero-order valence-electron chi connectivity index (χ0n) is 20.9. The van der Waals surface area contributed by atoms with Crippen LogP contribution < -0.4 is 24.8 Å². The van der Waals surface area contributed by atoms with Crippen LogP contribution in [0.3, 0.4) is 0 Å². The van der Waals surface area contributed by atoms with Crippen molar-refractivity contribution in [1.82, 2.24) is 19.7 Å². The molecule has 10 nitrogen and oxygen atoms in total. The topological polar surface area (TPSA) is 112 Å². The largest absolute Gasteiger partial charge is 0.497 e. The molecule has 0 radical (unpaired) electrons. The summed E-state index contributed by atoms with van der Waals surface area (Å²) in [6.45, 7) is 1.83. The van der Waals surface area contributed by atoms with E-state index >= 15 is 0 Å². The Morgan fingerprint density at radius 2 is 1.81 bits per heavy atom. The molecular weight excluding hydrogens is 472 g/mol. The number of nitrogens with one attached hydrogen (secondary N) is 2. The average Bonchev–Trinajstić information content (AvgIpc) is 3.36. The van der Waals surface area contributed by atoms with Gasteiger partial charge in [-0.15, -0.1) is 5.10 Å². The number of rotatable bonds is 7. The van der Waals surface area contributed by atoms with Crippen molar-refractivity contribution < 1.29 is 19.0 Å². The molecule has 37 heavy (non-hydrogen) atoms. The molecule has 0 bridgehead atoms. The number of hydrogen-bond donors (Lipinski definition) is 2. The second-order valence-corrected chi connectivity index (χ2v) is 8.27. The molecule has 1 aliphatic rings. The summed E-state index contributed by atoms with van der Waals surface area (Å²) in [6, 6.07) is 15.7. The number of benzene rings is 2. The van der Waals surface area contributed by atoms with Gasteiger partial charge in [0.1, 0.15) is 23.3 Å². The summed E-state index contributed by atoms with van der Waals surface area (Å²) >= 11 is 0. The average molecular weight is 499 g/mol. The van der Waals surface area contributed by atoms with E-state index < -0.39 is 6.04 Å². The molecule has 0 aliphatic carbocycles. The Bertz CT molecular complexity index is 1480. The number of para-hydroxylation sites is 2. The zero-order chi connectivity index (χ0) is 25.9. The minimum absolute atomic E-state index is 0.326.